The van der Waals surface area contributed by atoms with Crippen molar-refractivity contribution in [2.45, 2.75) is 78.3 Å². The Bertz CT molecular complexity index is 486. The van der Waals surface area contributed by atoms with Crippen molar-refractivity contribution in [2.75, 3.05) is 13.1 Å². The molecule has 0 aromatic carbocycles. The Morgan fingerprint density at radius 3 is 1.16 bits per heavy atom. The number of carbonyl (C=O) groups is 4. The van der Waals surface area contributed by atoms with Crippen LogP contribution in [0.5, 0.6) is 0 Å². The van der Waals surface area contributed by atoms with E-state index in [1.54, 1.807) is 27.7 Å². The summed E-state index contributed by atoms with van der Waals surface area (Å²) in [6, 6.07) is -1.79. The topological polar surface area (TPSA) is 190 Å². The second-order valence-corrected chi connectivity index (χ2v) is 7.64. The number of nitrogens with one attached hydrogen (secondary N) is 2. The van der Waals surface area contributed by atoms with Crippen LogP contribution in [0.15, 0.2) is 0 Å². The zero-order chi connectivity index (χ0) is 23.7. The van der Waals surface area contributed by atoms with Gasteiger partial charge in [-0.1, -0.05) is 27.7 Å². The Balaban J connectivity index is -0.000000490. The zero-order valence-corrected chi connectivity index (χ0v) is 20.1. The van der Waals surface area contributed by atoms with Crippen molar-refractivity contribution >= 4 is 23.8 Å². The molecule has 0 aliphatic carbocycles. The van der Waals surface area contributed by atoms with Gasteiger partial charge in [-0.05, 0) is 51.6 Å². The standard InChI is InChI=1S/2C10H20N2O3.Mn/c2*1-7(2)9(13)12-8(10(14)15)5-3-4-6-11;/h2*7-8H,3-6,11H2,1-2H3,(H,12,13)(H,14,15);/q;;+2/p-2/t2*8-;/m00./s1. The number of carboxylic acid groups (broad SMARTS) is 2. The summed E-state index contributed by atoms with van der Waals surface area (Å²) in [7, 11) is 0. The summed E-state index contributed by atoms with van der Waals surface area (Å²) < 4.78 is 0. The fraction of sp³-hybridized carbons (Fsp3) is 0.800. The maximum absolute atomic E-state index is 11.3. The van der Waals surface area contributed by atoms with E-state index in [1.165, 1.54) is 0 Å². The minimum atomic E-state index is -1.24. The average Bonchev–Trinajstić information content (AvgIpc) is 2.66. The van der Waals surface area contributed by atoms with Crippen molar-refractivity contribution in [2.24, 2.45) is 23.3 Å². The molecule has 0 aliphatic rings. The van der Waals surface area contributed by atoms with Crippen LogP contribution in [0.1, 0.15) is 66.2 Å². The van der Waals surface area contributed by atoms with Crippen LogP contribution in [0.3, 0.4) is 0 Å². The molecule has 10 nitrogen and oxygen atoms in total. The molecule has 2 amide bonds. The number of hydrogen-bond donors (Lipinski definition) is 4. The number of nitrogens with two attached hydrogens (primary N) is 2. The maximum atomic E-state index is 11.3. The number of carboxylic acids is 2. The summed E-state index contributed by atoms with van der Waals surface area (Å²) >= 11 is 0. The number of aliphatic carboxylic acids is 2. The van der Waals surface area contributed by atoms with E-state index in [0.717, 1.165) is 12.8 Å². The van der Waals surface area contributed by atoms with Gasteiger partial charge in [-0.3, -0.25) is 9.59 Å². The Kier molecular flexibility index (Phi) is 22.2. The van der Waals surface area contributed by atoms with Crippen molar-refractivity contribution in [3.05, 3.63) is 0 Å². The van der Waals surface area contributed by atoms with Crippen LogP contribution in [-0.4, -0.2) is 48.9 Å². The molecule has 0 aliphatic heterocycles. The number of rotatable bonds is 14. The molecule has 0 spiro atoms. The van der Waals surface area contributed by atoms with Crippen LogP contribution < -0.4 is 32.3 Å². The van der Waals surface area contributed by atoms with Crippen molar-refractivity contribution in [3.8, 4) is 0 Å². The van der Waals surface area contributed by atoms with Crippen LogP contribution >= 0.6 is 0 Å². The summed E-state index contributed by atoms with van der Waals surface area (Å²) in [4.78, 5) is 43.9. The molecule has 0 bridgehead atoms. The molecule has 2 atom stereocenters. The summed E-state index contributed by atoms with van der Waals surface area (Å²) in [6.45, 7) is 7.89. The van der Waals surface area contributed by atoms with Crippen LogP contribution in [0.25, 0.3) is 0 Å². The molecule has 0 aromatic rings. The zero-order valence-electron chi connectivity index (χ0n) is 18.9. The van der Waals surface area contributed by atoms with Crippen molar-refractivity contribution in [1.82, 2.24) is 10.6 Å². The first-order chi connectivity index (χ1) is 14.0. The molecule has 0 fully saturated rings. The molecule has 31 heavy (non-hydrogen) atoms. The molecule has 11 heteroatoms. The third-order valence-electron chi connectivity index (χ3n) is 4.14. The van der Waals surface area contributed by atoms with Gasteiger partial charge >= 0.3 is 17.1 Å². The quantitative estimate of drug-likeness (QED) is 0.160. The van der Waals surface area contributed by atoms with Gasteiger partial charge in [-0.25, -0.2) is 0 Å². The van der Waals surface area contributed by atoms with E-state index in [2.05, 4.69) is 10.6 Å². The van der Waals surface area contributed by atoms with Gasteiger partial charge in [0.1, 0.15) is 0 Å². The summed E-state index contributed by atoms with van der Waals surface area (Å²) in [5, 5.41) is 26.3. The third-order valence-corrected chi connectivity index (χ3v) is 4.14. The van der Waals surface area contributed by atoms with Crippen molar-refractivity contribution in [1.29, 1.82) is 0 Å². The minimum Gasteiger partial charge on any atom is -0.548 e. The Morgan fingerprint density at radius 2 is 0.968 bits per heavy atom. The SMILES string of the molecule is CC(C)C(=O)N[C@@H](CCCCN)C(=O)[O-].CC(C)C(=O)N[C@@H](CCCCN)C(=O)[O-].[Mn+2]. The number of carbonyl (C=O) groups excluding carboxylic acids is 4. The van der Waals surface area contributed by atoms with E-state index in [-0.39, 0.29) is 40.7 Å². The molecule has 0 saturated carbocycles. The van der Waals surface area contributed by atoms with Gasteiger partial charge in [0, 0.05) is 11.8 Å². The summed E-state index contributed by atoms with van der Waals surface area (Å²) in [5.74, 6) is -3.45. The van der Waals surface area contributed by atoms with Gasteiger partial charge in [-0.2, -0.15) is 0 Å². The van der Waals surface area contributed by atoms with Crippen LogP contribution in [0, 0.1) is 11.8 Å². The fourth-order valence-electron chi connectivity index (χ4n) is 2.16. The van der Waals surface area contributed by atoms with E-state index in [9.17, 15) is 29.4 Å². The third kappa shape index (κ3) is 18.8. The maximum Gasteiger partial charge on any atom is 2.00 e. The predicted octanol–water partition coefficient (Wildman–Crippen LogP) is -1.99. The Labute approximate surface area is 195 Å². The second kappa shape index (κ2) is 20.2. The molecule has 0 heterocycles. The molecule has 0 unspecified atom stereocenters. The summed E-state index contributed by atoms with van der Waals surface area (Å²) in [5.41, 5.74) is 10.6. The minimum absolute atomic E-state index is 0. The van der Waals surface area contributed by atoms with E-state index < -0.39 is 24.0 Å². The van der Waals surface area contributed by atoms with Crippen LogP contribution in [0.2, 0.25) is 0 Å². The van der Waals surface area contributed by atoms with Crippen molar-refractivity contribution in [3.63, 3.8) is 0 Å². The Morgan fingerprint density at radius 1 is 0.677 bits per heavy atom. The summed E-state index contributed by atoms with van der Waals surface area (Å²) in [6.07, 6.45) is 3.60. The largest absolute Gasteiger partial charge is 2.00 e. The Hall–Kier alpha value is -1.68. The van der Waals surface area contributed by atoms with Crippen LogP contribution in [0.4, 0.5) is 0 Å². The first-order valence-electron chi connectivity index (χ1n) is 10.4. The molecule has 0 rings (SSSR count). The van der Waals surface area contributed by atoms with Gasteiger partial charge in [0.15, 0.2) is 0 Å². The smallest absolute Gasteiger partial charge is 0.548 e. The first kappa shape index (κ1) is 33.9. The molecule has 0 aromatic heterocycles. The molecular formula is C20H38MnN4O6. The van der Waals surface area contributed by atoms with E-state index in [1.807, 2.05) is 0 Å². The van der Waals surface area contributed by atoms with Crippen molar-refractivity contribution < 1.29 is 46.5 Å². The van der Waals surface area contributed by atoms with Gasteiger partial charge in [0.2, 0.25) is 11.8 Å². The molecule has 0 saturated heterocycles. The molecular weight excluding hydrogens is 447 g/mol. The van der Waals surface area contributed by atoms with Crippen LogP contribution in [-0.2, 0) is 36.2 Å². The number of amides is 2. The van der Waals surface area contributed by atoms with Gasteiger partial charge in [0.25, 0.3) is 0 Å². The monoisotopic (exact) mass is 485 g/mol. The van der Waals surface area contributed by atoms with Gasteiger partial charge in [0.05, 0.1) is 24.0 Å². The number of hydrogen-bond acceptors (Lipinski definition) is 8. The van der Waals surface area contributed by atoms with E-state index in [0.29, 0.717) is 38.8 Å². The number of unbranched alkanes of at least 4 members (excludes halogenated alkanes) is 2. The predicted molar refractivity (Wildman–Crippen MR) is 109 cm³/mol. The molecule has 181 valence electrons. The second-order valence-electron chi connectivity index (χ2n) is 7.64. The normalized spacial score (nSPS) is 12.1. The van der Waals surface area contributed by atoms with Gasteiger partial charge in [-0.15, -0.1) is 0 Å². The molecule has 6 N–H and O–H groups in total. The van der Waals surface area contributed by atoms with E-state index in [4.69, 9.17) is 11.5 Å². The average molecular weight is 485 g/mol. The van der Waals surface area contributed by atoms with Gasteiger partial charge < -0.3 is 41.9 Å². The molecule has 1 radical (unpaired) electrons. The van der Waals surface area contributed by atoms with E-state index >= 15 is 0 Å². The fourth-order valence-corrected chi connectivity index (χ4v) is 2.16. The first-order valence-corrected chi connectivity index (χ1v) is 10.4.